The smallest absolute Gasteiger partial charge is 0.192 e. The van der Waals surface area contributed by atoms with Crippen molar-refractivity contribution in [2.75, 3.05) is 6.54 Å². The van der Waals surface area contributed by atoms with Gasteiger partial charge in [0.15, 0.2) is 5.96 Å². The molecular weight excluding hydrogens is 541 g/mol. The second kappa shape index (κ2) is 12.0. The standard InChI is InChI=1S/C22H26BrN5.HI/c1-3-24-22(27-17(2)19-11-7-8-12-20(19)23)26-15-21-25-13-14-28(21)16-18-9-5-4-6-10-18;/h4-14,17H,3,15-16H2,1-2H3,(H2,24,26,27);1H. The Balaban J connectivity index is 0.00000300. The molecule has 1 heterocycles. The largest absolute Gasteiger partial charge is 0.357 e. The van der Waals surface area contributed by atoms with Gasteiger partial charge in [0.1, 0.15) is 12.4 Å². The highest BCUT2D eigenvalue weighted by molar-refractivity contribution is 14.0. The summed E-state index contributed by atoms with van der Waals surface area (Å²) in [6.07, 6.45) is 3.83. The van der Waals surface area contributed by atoms with Crippen molar-refractivity contribution >= 4 is 45.9 Å². The molecule has 0 saturated carbocycles. The summed E-state index contributed by atoms with van der Waals surface area (Å²) in [5, 5.41) is 6.80. The maximum Gasteiger partial charge on any atom is 0.192 e. The molecule has 0 spiro atoms. The first-order valence-electron chi connectivity index (χ1n) is 9.50. The summed E-state index contributed by atoms with van der Waals surface area (Å²) in [5.74, 6) is 1.72. The Kier molecular flexibility index (Phi) is 9.66. The highest BCUT2D eigenvalue weighted by Crippen LogP contribution is 2.22. The number of hydrogen-bond acceptors (Lipinski definition) is 2. The number of nitrogens with zero attached hydrogens (tertiary/aromatic N) is 3. The van der Waals surface area contributed by atoms with Gasteiger partial charge < -0.3 is 15.2 Å². The van der Waals surface area contributed by atoms with Crippen LogP contribution in [0.25, 0.3) is 0 Å². The van der Waals surface area contributed by atoms with Crippen molar-refractivity contribution in [3.8, 4) is 0 Å². The van der Waals surface area contributed by atoms with E-state index in [2.05, 4.69) is 86.4 Å². The van der Waals surface area contributed by atoms with E-state index >= 15 is 0 Å². The summed E-state index contributed by atoms with van der Waals surface area (Å²) in [6.45, 7) is 6.30. The van der Waals surface area contributed by atoms with Crippen molar-refractivity contribution in [2.45, 2.75) is 33.0 Å². The van der Waals surface area contributed by atoms with Gasteiger partial charge in [-0.1, -0.05) is 64.5 Å². The number of imidazole rings is 1. The molecule has 0 radical (unpaired) electrons. The van der Waals surface area contributed by atoms with Crippen LogP contribution in [0, 0.1) is 0 Å². The number of halogens is 2. The predicted octanol–water partition coefficient (Wildman–Crippen LogP) is 5.13. The van der Waals surface area contributed by atoms with E-state index in [1.165, 1.54) is 11.1 Å². The highest BCUT2D eigenvalue weighted by atomic mass is 127. The Hall–Kier alpha value is -1.87. The lowest BCUT2D eigenvalue weighted by Crippen LogP contribution is -2.38. The van der Waals surface area contributed by atoms with E-state index in [4.69, 9.17) is 4.99 Å². The third-order valence-corrected chi connectivity index (χ3v) is 5.17. The minimum atomic E-state index is 0. The first-order chi connectivity index (χ1) is 13.7. The molecule has 0 aliphatic carbocycles. The monoisotopic (exact) mass is 567 g/mol. The van der Waals surface area contributed by atoms with Crippen LogP contribution in [0.4, 0.5) is 0 Å². The second-order valence-electron chi connectivity index (χ2n) is 6.54. The van der Waals surface area contributed by atoms with Gasteiger partial charge in [0.2, 0.25) is 0 Å². The molecule has 0 amide bonds. The van der Waals surface area contributed by atoms with E-state index in [9.17, 15) is 0 Å². The van der Waals surface area contributed by atoms with E-state index < -0.39 is 0 Å². The van der Waals surface area contributed by atoms with E-state index in [1.54, 1.807) is 0 Å². The van der Waals surface area contributed by atoms with Gasteiger partial charge >= 0.3 is 0 Å². The van der Waals surface area contributed by atoms with Crippen LogP contribution in [0.2, 0.25) is 0 Å². The Labute approximate surface area is 198 Å². The lowest BCUT2D eigenvalue weighted by molar-refractivity contribution is 0.675. The zero-order valence-electron chi connectivity index (χ0n) is 16.7. The molecule has 0 aliphatic rings. The molecule has 1 unspecified atom stereocenters. The van der Waals surface area contributed by atoms with Crippen LogP contribution < -0.4 is 10.6 Å². The summed E-state index contributed by atoms with van der Waals surface area (Å²) < 4.78 is 3.23. The van der Waals surface area contributed by atoms with Gasteiger partial charge in [0.05, 0.1) is 6.04 Å². The molecule has 0 aliphatic heterocycles. The minimum Gasteiger partial charge on any atom is -0.357 e. The zero-order valence-corrected chi connectivity index (χ0v) is 20.6. The zero-order chi connectivity index (χ0) is 19.8. The molecule has 1 aromatic heterocycles. The summed E-state index contributed by atoms with van der Waals surface area (Å²) in [6, 6.07) is 18.7. The average Bonchev–Trinajstić information content (AvgIpc) is 3.14. The summed E-state index contributed by atoms with van der Waals surface area (Å²) in [7, 11) is 0. The molecule has 1 atom stereocenters. The van der Waals surface area contributed by atoms with Crippen molar-refractivity contribution in [1.82, 2.24) is 20.2 Å². The van der Waals surface area contributed by atoms with Gasteiger partial charge in [0.25, 0.3) is 0 Å². The maximum atomic E-state index is 4.75. The van der Waals surface area contributed by atoms with Gasteiger partial charge in [0, 0.05) is 30.0 Å². The first-order valence-corrected chi connectivity index (χ1v) is 10.3. The number of benzene rings is 2. The number of rotatable bonds is 7. The van der Waals surface area contributed by atoms with Crippen LogP contribution in [0.3, 0.4) is 0 Å². The Morgan fingerprint density at radius 2 is 1.86 bits per heavy atom. The average molecular weight is 568 g/mol. The topological polar surface area (TPSA) is 54.2 Å². The van der Waals surface area contributed by atoms with Crippen LogP contribution in [0.15, 0.2) is 76.5 Å². The van der Waals surface area contributed by atoms with E-state index in [1.807, 2.05) is 30.6 Å². The number of nitrogens with one attached hydrogen (secondary N) is 2. The normalized spacial score (nSPS) is 12.2. The lowest BCUT2D eigenvalue weighted by atomic mass is 10.1. The number of hydrogen-bond donors (Lipinski definition) is 2. The van der Waals surface area contributed by atoms with Crippen LogP contribution in [0.5, 0.6) is 0 Å². The highest BCUT2D eigenvalue weighted by Gasteiger charge is 2.11. The van der Waals surface area contributed by atoms with E-state index in [-0.39, 0.29) is 30.0 Å². The summed E-state index contributed by atoms with van der Waals surface area (Å²) >= 11 is 3.62. The van der Waals surface area contributed by atoms with Gasteiger partial charge in [-0.25, -0.2) is 9.98 Å². The van der Waals surface area contributed by atoms with Gasteiger partial charge in [-0.05, 0) is 31.0 Å². The Morgan fingerprint density at radius 1 is 1.14 bits per heavy atom. The molecule has 2 aromatic carbocycles. The van der Waals surface area contributed by atoms with Gasteiger partial charge in [-0.3, -0.25) is 0 Å². The number of aromatic nitrogens is 2. The minimum absolute atomic E-state index is 0. The molecule has 0 saturated heterocycles. The third kappa shape index (κ3) is 6.85. The van der Waals surface area contributed by atoms with Crippen molar-refractivity contribution in [3.05, 3.63) is 88.4 Å². The van der Waals surface area contributed by atoms with Gasteiger partial charge in [-0.2, -0.15) is 0 Å². The molecule has 0 fully saturated rings. The Bertz CT molecular complexity index is 910. The fourth-order valence-electron chi connectivity index (χ4n) is 2.99. The summed E-state index contributed by atoms with van der Waals surface area (Å²) in [5.41, 5.74) is 2.44. The fraction of sp³-hybridized carbons (Fsp3) is 0.273. The van der Waals surface area contributed by atoms with Crippen LogP contribution in [-0.2, 0) is 13.1 Å². The van der Waals surface area contributed by atoms with Crippen molar-refractivity contribution in [1.29, 1.82) is 0 Å². The lowest BCUT2D eigenvalue weighted by Gasteiger charge is -2.19. The molecule has 29 heavy (non-hydrogen) atoms. The Morgan fingerprint density at radius 3 is 2.59 bits per heavy atom. The molecule has 154 valence electrons. The van der Waals surface area contributed by atoms with Gasteiger partial charge in [-0.15, -0.1) is 24.0 Å². The molecule has 7 heteroatoms. The second-order valence-corrected chi connectivity index (χ2v) is 7.39. The summed E-state index contributed by atoms with van der Waals surface area (Å²) in [4.78, 5) is 9.24. The van der Waals surface area contributed by atoms with Crippen molar-refractivity contribution in [3.63, 3.8) is 0 Å². The maximum absolute atomic E-state index is 4.75. The molecule has 3 rings (SSSR count). The molecule has 5 nitrogen and oxygen atoms in total. The van der Waals surface area contributed by atoms with E-state index in [0.29, 0.717) is 6.54 Å². The quantitative estimate of drug-likeness (QED) is 0.236. The predicted molar refractivity (Wildman–Crippen MR) is 134 cm³/mol. The first kappa shape index (κ1) is 23.4. The SMILES string of the molecule is CCNC(=NCc1nccn1Cc1ccccc1)NC(C)c1ccccc1Br.I. The van der Waals surface area contributed by atoms with Crippen LogP contribution >= 0.6 is 39.9 Å². The molecule has 2 N–H and O–H groups in total. The van der Waals surface area contributed by atoms with E-state index in [0.717, 1.165) is 29.3 Å². The third-order valence-electron chi connectivity index (χ3n) is 4.45. The molecule has 0 bridgehead atoms. The van der Waals surface area contributed by atoms with Crippen molar-refractivity contribution in [2.24, 2.45) is 4.99 Å². The van der Waals surface area contributed by atoms with Crippen LogP contribution in [0.1, 0.15) is 36.8 Å². The van der Waals surface area contributed by atoms with Crippen LogP contribution in [-0.4, -0.2) is 22.1 Å². The molecular formula is C22H27BrIN5. The molecule has 3 aromatic rings. The fourth-order valence-corrected chi connectivity index (χ4v) is 3.62. The van der Waals surface area contributed by atoms with Crippen molar-refractivity contribution < 1.29 is 0 Å². The number of guanidine groups is 1. The number of aliphatic imine (C=N–C) groups is 1.